The van der Waals surface area contributed by atoms with Crippen molar-refractivity contribution in [1.29, 1.82) is 0 Å². The number of allylic oxidation sites excluding steroid dienone is 2. The number of nitrogens with zero attached hydrogens (tertiary/aromatic N) is 1. The number of amides is 2. The standard InChI is InChI=1S/C8H15N3O/c1-7(2)5-3-4-6-10-11-8(9)12/h3-4,6-7H,5H2,1-2H3,(H3,9,11,12). The minimum absolute atomic E-state index is 0.638. The van der Waals surface area contributed by atoms with Crippen molar-refractivity contribution in [3.05, 3.63) is 12.2 Å². The van der Waals surface area contributed by atoms with E-state index in [9.17, 15) is 4.79 Å². The number of hydrogen-bond donors (Lipinski definition) is 2. The van der Waals surface area contributed by atoms with E-state index in [1.54, 1.807) is 6.08 Å². The molecule has 0 aromatic rings. The van der Waals surface area contributed by atoms with Gasteiger partial charge in [-0.3, -0.25) is 0 Å². The zero-order chi connectivity index (χ0) is 9.40. The zero-order valence-corrected chi connectivity index (χ0v) is 7.45. The van der Waals surface area contributed by atoms with Crippen molar-refractivity contribution in [2.45, 2.75) is 20.3 Å². The van der Waals surface area contributed by atoms with Crippen molar-refractivity contribution in [2.24, 2.45) is 16.8 Å². The molecular formula is C8H15N3O. The summed E-state index contributed by atoms with van der Waals surface area (Å²) in [5.41, 5.74) is 6.86. The number of hydrogen-bond acceptors (Lipinski definition) is 2. The number of nitrogens with one attached hydrogen (secondary N) is 1. The third-order valence-corrected chi connectivity index (χ3v) is 1.08. The SMILES string of the molecule is CC(C)CC=CC=NNC(N)=O. The van der Waals surface area contributed by atoms with Gasteiger partial charge in [0.05, 0.1) is 0 Å². The van der Waals surface area contributed by atoms with Crippen LogP contribution in [0.4, 0.5) is 4.79 Å². The van der Waals surface area contributed by atoms with E-state index in [4.69, 9.17) is 5.73 Å². The van der Waals surface area contributed by atoms with Gasteiger partial charge in [0.25, 0.3) is 0 Å². The highest BCUT2D eigenvalue weighted by atomic mass is 16.2. The lowest BCUT2D eigenvalue weighted by atomic mass is 10.1. The Labute approximate surface area is 72.5 Å². The molecule has 2 amide bonds. The van der Waals surface area contributed by atoms with Gasteiger partial charge in [0.1, 0.15) is 0 Å². The van der Waals surface area contributed by atoms with E-state index in [0.717, 1.165) is 6.42 Å². The second-order valence-electron chi connectivity index (χ2n) is 2.81. The molecule has 0 heterocycles. The molecule has 0 fully saturated rings. The van der Waals surface area contributed by atoms with E-state index in [1.165, 1.54) is 6.21 Å². The molecule has 0 saturated carbocycles. The molecule has 0 unspecified atom stereocenters. The second kappa shape index (κ2) is 6.39. The number of carbonyl (C=O) groups excluding carboxylic acids is 1. The summed E-state index contributed by atoms with van der Waals surface area (Å²) in [6, 6.07) is -0.650. The lowest BCUT2D eigenvalue weighted by Crippen LogP contribution is -2.24. The molecule has 0 aliphatic heterocycles. The summed E-state index contributed by atoms with van der Waals surface area (Å²) >= 11 is 0. The van der Waals surface area contributed by atoms with Crippen LogP contribution in [-0.2, 0) is 0 Å². The third kappa shape index (κ3) is 8.68. The minimum atomic E-state index is -0.650. The summed E-state index contributed by atoms with van der Waals surface area (Å²) in [4.78, 5) is 10.1. The first kappa shape index (κ1) is 10.7. The normalized spacial score (nSPS) is 11.6. The van der Waals surface area contributed by atoms with Gasteiger partial charge in [0, 0.05) is 6.21 Å². The van der Waals surface area contributed by atoms with Gasteiger partial charge in [-0.05, 0) is 18.4 Å². The minimum Gasteiger partial charge on any atom is -0.350 e. The average molecular weight is 169 g/mol. The van der Waals surface area contributed by atoms with Crippen LogP contribution in [0.2, 0.25) is 0 Å². The Morgan fingerprint density at radius 2 is 2.33 bits per heavy atom. The predicted octanol–water partition coefficient (Wildman–Crippen LogP) is 1.24. The van der Waals surface area contributed by atoms with Gasteiger partial charge >= 0.3 is 6.03 Å². The predicted molar refractivity (Wildman–Crippen MR) is 49.8 cm³/mol. The molecule has 0 atom stereocenters. The van der Waals surface area contributed by atoms with Crippen LogP contribution >= 0.6 is 0 Å². The van der Waals surface area contributed by atoms with E-state index in [-0.39, 0.29) is 0 Å². The molecule has 4 heteroatoms. The number of urea groups is 1. The summed E-state index contributed by atoms with van der Waals surface area (Å²) in [5, 5.41) is 3.53. The van der Waals surface area contributed by atoms with Crippen LogP contribution in [-0.4, -0.2) is 12.2 Å². The molecule has 0 spiro atoms. The average Bonchev–Trinajstić information content (AvgIpc) is 1.95. The maximum absolute atomic E-state index is 10.1. The summed E-state index contributed by atoms with van der Waals surface area (Å²) in [7, 11) is 0. The van der Waals surface area contributed by atoms with E-state index in [1.807, 2.05) is 6.08 Å². The van der Waals surface area contributed by atoms with Crippen LogP contribution in [0.1, 0.15) is 20.3 Å². The van der Waals surface area contributed by atoms with Gasteiger partial charge in [-0.1, -0.05) is 19.9 Å². The van der Waals surface area contributed by atoms with Crippen LogP contribution in [0.25, 0.3) is 0 Å². The van der Waals surface area contributed by atoms with Gasteiger partial charge in [0.15, 0.2) is 0 Å². The summed E-state index contributed by atoms with van der Waals surface area (Å²) in [6.45, 7) is 4.26. The van der Waals surface area contributed by atoms with Crippen LogP contribution in [0.3, 0.4) is 0 Å². The third-order valence-electron chi connectivity index (χ3n) is 1.08. The van der Waals surface area contributed by atoms with E-state index in [2.05, 4.69) is 24.4 Å². The fraction of sp³-hybridized carbons (Fsp3) is 0.500. The Morgan fingerprint density at radius 3 is 2.83 bits per heavy atom. The first-order chi connectivity index (χ1) is 5.63. The van der Waals surface area contributed by atoms with E-state index < -0.39 is 6.03 Å². The molecule has 0 saturated heterocycles. The maximum Gasteiger partial charge on any atom is 0.332 e. The molecule has 0 aromatic heterocycles. The fourth-order valence-corrected chi connectivity index (χ4v) is 0.556. The van der Waals surface area contributed by atoms with Gasteiger partial charge in [-0.2, -0.15) is 5.10 Å². The van der Waals surface area contributed by atoms with Crippen molar-refractivity contribution in [3.63, 3.8) is 0 Å². The van der Waals surface area contributed by atoms with Crippen molar-refractivity contribution >= 4 is 12.2 Å². The lowest BCUT2D eigenvalue weighted by molar-refractivity contribution is 0.249. The molecule has 68 valence electrons. The number of rotatable bonds is 4. The Morgan fingerprint density at radius 1 is 1.67 bits per heavy atom. The van der Waals surface area contributed by atoms with Gasteiger partial charge < -0.3 is 5.73 Å². The van der Waals surface area contributed by atoms with Crippen molar-refractivity contribution < 1.29 is 4.79 Å². The molecule has 3 N–H and O–H groups in total. The molecule has 0 aromatic carbocycles. The fourth-order valence-electron chi connectivity index (χ4n) is 0.556. The van der Waals surface area contributed by atoms with Crippen molar-refractivity contribution in [3.8, 4) is 0 Å². The van der Waals surface area contributed by atoms with E-state index >= 15 is 0 Å². The Balaban J connectivity index is 3.46. The van der Waals surface area contributed by atoms with Crippen LogP contribution < -0.4 is 11.2 Å². The van der Waals surface area contributed by atoms with Crippen molar-refractivity contribution in [2.75, 3.05) is 0 Å². The van der Waals surface area contributed by atoms with Gasteiger partial charge in [0.2, 0.25) is 0 Å². The highest BCUT2D eigenvalue weighted by molar-refractivity contribution is 5.75. The second-order valence-corrected chi connectivity index (χ2v) is 2.81. The Kier molecular flexibility index (Phi) is 5.69. The number of nitrogens with two attached hydrogens (primary N) is 1. The van der Waals surface area contributed by atoms with E-state index in [0.29, 0.717) is 5.92 Å². The highest BCUT2D eigenvalue weighted by Gasteiger charge is 1.85. The molecule has 0 aliphatic carbocycles. The van der Waals surface area contributed by atoms with Crippen LogP contribution in [0, 0.1) is 5.92 Å². The number of hydrazone groups is 1. The van der Waals surface area contributed by atoms with Gasteiger partial charge in [-0.15, -0.1) is 0 Å². The molecule has 4 nitrogen and oxygen atoms in total. The number of carbonyl (C=O) groups is 1. The lowest BCUT2D eigenvalue weighted by Gasteiger charge is -1.94. The molecule has 12 heavy (non-hydrogen) atoms. The topological polar surface area (TPSA) is 67.5 Å². The largest absolute Gasteiger partial charge is 0.350 e. The molecular weight excluding hydrogens is 154 g/mol. The molecule has 0 bridgehead atoms. The first-order valence-electron chi connectivity index (χ1n) is 3.86. The highest BCUT2D eigenvalue weighted by Crippen LogP contribution is 1.98. The van der Waals surface area contributed by atoms with Crippen molar-refractivity contribution in [1.82, 2.24) is 5.43 Å². The van der Waals surface area contributed by atoms with Crippen LogP contribution in [0.5, 0.6) is 0 Å². The smallest absolute Gasteiger partial charge is 0.332 e. The summed E-state index contributed by atoms with van der Waals surface area (Å²) < 4.78 is 0. The summed E-state index contributed by atoms with van der Waals surface area (Å²) in [5.74, 6) is 0.638. The Hall–Kier alpha value is -1.32. The Bertz CT molecular complexity index is 185. The van der Waals surface area contributed by atoms with Crippen LogP contribution in [0.15, 0.2) is 17.3 Å². The summed E-state index contributed by atoms with van der Waals surface area (Å²) in [6.07, 6.45) is 6.25. The quantitative estimate of drug-likeness (QED) is 0.482. The maximum atomic E-state index is 10.1. The molecule has 0 aliphatic rings. The monoisotopic (exact) mass is 169 g/mol. The molecule has 0 rings (SSSR count). The first-order valence-corrected chi connectivity index (χ1v) is 3.86. The zero-order valence-electron chi connectivity index (χ0n) is 7.45. The molecule has 0 radical (unpaired) electrons. The van der Waals surface area contributed by atoms with Gasteiger partial charge in [-0.25, -0.2) is 10.2 Å². The number of primary amides is 1.